The number of hydrogen-bond donors (Lipinski definition) is 1. The van der Waals surface area contributed by atoms with Gasteiger partial charge in [0, 0.05) is 14.2 Å². The largest absolute Gasteiger partial charge is 0.416 e. The Balaban J connectivity index is 1.83. The highest BCUT2D eigenvalue weighted by Gasteiger charge is 2.42. The Morgan fingerprint density at radius 2 is 1.62 bits per heavy atom. The Morgan fingerprint density at radius 3 is 2.18 bits per heavy atom. The third-order valence-electron chi connectivity index (χ3n) is 5.37. The van der Waals surface area contributed by atoms with E-state index in [1.54, 1.807) is 7.11 Å². The normalized spacial score (nSPS) is 20.1. The van der Waals surface area contributed by atoms with Crippen molar-refractivity contribution in [1.82, 2.24) is 10.2 Å². The highest BCUT2D eigenvalue weighted by Crippen LogP contribution is 2.36. The molecule has 34 heavy (non-hydrogen) atoms. The Bertz CT molecular complexity index is 962. The van der Waals surface area contributed by atoms with Gasteiger partial charge in [-0.25, -0.2) is 0 Å². The van der Waals surface area contributed by atoms with E-state index in [1.807, 2.05) is 42.3 Å². The van der Waals surface area contributed by atoms with Gasteiger partial charge in [-0.15, -0.1) is 0 Å². The second kappa shape index (κ2) is 10.2. The molecule has 0 radical (unpaired) electrons. The summed E-state index contributed by atoms with van der Waals surface area (Å²) >= 11 is 0. The predicted octanol–water partition coefficient (Wildman–Crippen LogP) is 4.67. The molecule has 0 aromatic heterocycles. The maximum Gasteiger partial charge on any atom is 0.416 e. The van der Waals surface area contributed by atoms with E-state index in [4.69, 9.17) is 9.47 Å². The van der Waals surface area contributed by atoms with E-state index < -0.39 is 35.6 Å². The summed E-state index contributed by atoms with van der Waals surface area (Å²) in [7, 11) is 3.39. The average Bonchev–Trinajstić information content (AvgIpc) is 3.09. The van der Waals surface area contributed by atoms with Crippen LogP contribution in [-0.2, 0) is 34.0 Å². The van der Waals surface area contributed by atoms with Crippen LogP contribution in [0, 0.1) is 0 Å². The molecule has 0 aliphatic carbocycles. The Labute approximate surface area is 193 Å². The first-order chi connectivity index (χ1) is 15.9. The molecule has 1 saturated heterocycles. The third-order valence-corrected chi connectivity index (χ3v) is 5.37. The van der Waals surface area contributed by atoms with Gasteiger partial charge in [0.15, 0.2) is 5.96 Å². The van der Waals surface area contributed by atoms with Crippen LogP contribution in [0.1, 0.15) is 22.3 Å². The minimum atomic E-state index is -4.91. The Hall–Kier alpha value is -2.79. The number of likely N-dealkylation sites (N-methyl/N-ethyl adjacent to an activating group) is 1. The molecular formula is C23H25F6N3O2. The molecule has 11 heteroatoms. The first-order valence-electron chi connectivity index (χ1n) is 10.4. The smallest absolute Gasteiger partial charge is 0.383 e. The SMILES string of the molecule is COCCN=C1NC(COCc2cc(C(F)(F)F)cc(C(F)(F)F)c2)(c2ccccc2)CN1C. The molecule has 1 unspecified atom stereocenters. The highest BCUT2D eigenvalue weighted by atomic mass is 19.4. The number of hydrogen-bond acceptors (Lipinski definition) is 3. The zero-order valence-electron chi connectivity index (χ0n) is 18.6. The van der Waals surface area contributed by atoms with E-state index in [2.05, 4.69) is 10.3 Å². The molecule has 0 bridgehead atoms. The summed E-state index contributed by atoms with van der Waals surface area (Å²) in [6.07, 6.45) is -9.82. The number of ether oxygens (including phenoxy) is 2. The number of aliphatic imine (C=N–C) groups is 1. The summed E-state index contributed by atoms with van der Waals surface area (Å²) in [5.74, 6) is 0.586. The van der Waals surface area contributed by atoms with Crippen molar-refractivity contribution in [2.24, 2.45) is 4.99 Å². The number of methoxy groups -OCH3 is 1. The number of rotatable bonds is 8. The number of guanidine groups is 1. The van der Waals surface area contributed by atoms with Crippen molar-refractivity contribution in [2.45, 2.75) is 24.5 Å². The van der Waals surface area contributed by atoms with Crippen LogP contribution in [-0.4, -0.2) is 51.3 Å². The second-order valence-corrected chi connectivity index (χ2v) is 8.03. The van der Waals surface area contributed by atoms with Crippen LogP contribution in [0.5, 0.6) is 0 Å². The van der Waals surface area contributed by atoms with Crippen molar-refractivity contribution in [3.63, 3.8) is 0 Å². The van der Waals surface area contributed by atoms with Crippen LogP contribution in [0.15, 0.2) is 53.5 Å². The maximum atomic E-state index is 13.2. The quantitative estimate of drug-likeness (QED) is 0.433. The van der Waals surface area contributed by atoms with E-state index in [1.165, 1.54) is 0 Å². The van der Waals surface area contributed by atoms with Crippen LogP contribution < -0.4 is 5.32 Å². The minimum absolute atomic E-state index is 0.0117. The molecule has 0 saturated carbocycles. The molecule has 0 spiro atoms. The molecule has 5 nitrogen and oxygen atoms in total. The van der Waals surface area contributed by atoms with Gasteiger partial charge in [0.2, 0.25) is 0 Å². The van der Waals surface area contributed by atoms with Gasteiger partial charge in [0.1, 0.15) is 5.54 Å². The third kappa shape index (κ3) is 6.20. The van der Waals surface area contributed by atoms with Crippen molar-refractivity contribution in [3.05, 3.63) is 70.8 Å². The summed E-state index contributed by atoms with van der Waals surface area (Å²) in [5, 5.41) is 3.32. The van der Waals surface area contributed by atoms with Gasteiger partial charge in [-0.2, -0.15) is 26.3 Å². The number of halogens is 6. The molecule has 2 aromatic rings. The lowest BCUT2D eigenvalue weighted by atomic mass is 9.91. The van der Waals surface area contributed by atoms with E-state index in [0.29, 0.717) is 37.8 Å². The van der Waals surface area contributed by atoms with Gasteiger partial charge < -0.3 is 19.7 Å². The summed E-state index contributed by atoms with van der Waals surface area (Å²) in [6, 6.07) is 10.7. The minimum Gasteiger partial charge on any atom is -0.383 e. The van der Waals surface area contributed by atoms with Crippen LogP contribution in [0.4, 0.5) is 26.3 Å². The summed E-state index contributed by atoms with van der Waals surface area (Å²) < 4.78 is 89.7. The van der Waals surface area contributed by atoms with Crippen LogP contribution in [0.25, 0.3) is 0 Å². The fourth-order valence-electron chi connectivity index (χ4n) is 3.76. The summed E-state index contributed by atoms with van der Waals surface area (Å²) in [5.41, 5.74) is -2.91. The summed E-state index contributed by atoms with van der Waals surface area (Å²) in [6.45, 7) is 0.828. The van der Waals surface area contributed by atoms with Gasteiger partial charge in [-0.05, 0) is 29.3 Å². The van der Waals surface area contributed by atoms with E-state index in [-0.39, 0.29) is 18.2 Å². The molecule has 1 atom stereocenters. The van der Waals surface area contributed by atoms with Crippen molar-refractivity contribution < 1.29 is 35.8 Å². The molecule has 1 aliphatic heterocycles. The molecule has 1 heterocycles. The molecule has 0 amide bonds. The zero-order valence-corrected chi connectivity index (χ0v) is 18.6. The molecule has 1 fully saturated rings. The number of alkyl halides is 6. The van der Waals surface area contributed by atoms with E-state index >= 15 is 0 Å². The fraction of sp³-hybridized carbons (Fsp3) is 0.435. The van der Waals surface area contributed by atoms with Crippen molar-refractivity contribution >= 4 is 5.96 Å². The van der Waals surface area contributed by atoms with Crippen molar-refractivity contribution in [2.75, 3.05) is 40.5 Å². The van der Waals surface area contributed by atoms with Crippen LogP contribution in [0.2, 0.25) is 0 Å². The van der Waals surface area contributed by atoms with Gasteiger partial charge in [-0.3, -0.25) is 4.99 Å². The first kappa shape index (κ1) is 25.8. The Kier molecular flexibility index (Phi) is 7.77. The monoisotopic (exact) mass is 489 g/mol. The average molecular weight is 489 g/mol. The zero-order chi connectivity index (χ0) is 25.0. The number of benzene rings is 2. The molecule has 1 N–H and O–H groups in total. The van der Waals surface area contributed by atoms with E-state index in [9.17, 15) is 26.3 Å². The fourth-order valence-corrected chi connectivity index (χ4v) is 3.76. The van der Waals surface area contributed by atoms with Crippen LogP contribution in [0.3, 0.4) is 0 Å². The number of nitrogens with one attached hydrogen (secondary N) is 1. The summed E-state index contributed by atoms with van der Waals surface area (Å²) in [4.78, 5) is 6.33. The standard InChI is InChI=1S/C23H25F6N3O2/c1-32-14-21(17-6-4-3-5-7-17,31-20(32)30-8-9-33-2)15-34-13-16-10-18(22(24,25)26)12-19(11-16)23(27,28)29/h3-7,10-12H,8-9,13-15H2,1-2H3,(H,30,31). The maximum absolute atomic E-state index is 13.2. The highest BCUT2D eigenvalue weighted by molar-refractivity contribution is 5.83. The predicted molar refractivity (Wildman–Crippen MR) is 114 cm³/mol. The molecule has 1 aliphatic rings. The van der Waals surface area contributed by atoms with Crippen LogP contribution >= 0.6 is 0 Å². The van der Waals surface area contributed by atoms with Crippen molar-refractivity contribution in [1.29, 1.82) is 0 Å². The van der Waals surface area contributed by atoms with Gasteiger partial charge in [0.05, 0.1) is 44.0 Å². The van der Waals surface area contributed by atoms with Gasteiger partial charge in [0.25, 0.3) is 0 Å². The molecule has 186 valence electrons. The Morgan fingerprint density at radius 1 is 1.00 bits per heavy atom. The van der Waals surface area contributed by atoms with Crippen molar-refractivity contribution in [3.8, 4) is 0 Å². The molecule has 3 rings (SSSR count). The van der Waals surface area contributed by atoms with E-state index in [0.717, 1.165) is 5.56 Å². The lowest BCUT2D eigenvalue weighted by Crippen LogP contribution is -2.45. The lowest BCUT2D eigenvalue weighted by molar-refractivity contribution is -0.143. The lowest BCUT2D eigenvalue weighted by Gasteiger charge is -2.29. The van der Waals surface area contributed by atoms with Gasteiger partial charge >= 0.3 is 12.4 Å². The number of nitrogens with zero attached hydrogens (tertiary/aromatic N) is 2. The topological polar surface area (TPSA) is 46.1 Å². The second-order valence-electron chi connectivity index (χ2n) is 8.03. The molecular weight excluding hydrogens is 464 g/mol. The molecule has 2 aromatic carbocycles. The van der Waals surface area contributed by atoms with Gasteiger partial charge in [-0.1, -0.05) is 30.3 Å². The first-order valence-corrected chi connectivity index (χ1v) is 10.4.